The molecule has 32 heavy (non-hydrogen) atoms. The summed E-state index contributed by atoms with van der Waals surface area (Å²) in [6.07, 6.45) is 4.36. The molecule has 4 rings (SSSR count). The van der Waals surface area contributed by atoms with E-state index >= 15 is 0 Å². The SMILES string of the molecule is COc1ccc(N2CC(C(=O)Oc3coc(CSc4ncccn4)cc3=O)CC2=O)cc1. The molecule has 1 unspecified atom stereocenters. The third-order valence-corrected chi connectivity index (χ3v) is 5.69. The smallest absolute Gasteiger partial charge is 0.316 e. The zero-order valence-corrected chi connectivity index (χ0v) is 17.9. The van der Waals surface area contributed by atoms with E-state index in [0.29, 0.717) is 28.1 Å². The molecule has 0 N–H and O–H groups in total. The Labute approximate surface area is 187 Å². The average molecular weight is 453 g/mol. The molecule has 0 radical (unpaired) electrons. The van der Waals surface area contributed by atoms with Crippen molar-refractivity contribution in [1.29, 1.82) is 0 Å². The molecule has 1 aliphatic rings. The van der Waals surface area contributed by atoms with Gasteiger partial charge in [0.1, 0.15) is 17.8 Å². The first-order chi connectivity index (χ1) is 15.5. The van der Waals surface area contributed by atoms with Crippen LogP contribution in [0.4, 0.5) is 5.69 Å². The summed E-state index contributed by atoms with van der Waals surface area (Å²) < 4.78 is 15.8. The summed E-state index contributed by atoms with van der Waals surface area (Å²) in [5, 5.41) is 0.554. The third kappa shape index (κ3) is 4.97. The van der Waals surface area contributed by atoms with Crippen LogP contribution in [0, 0.1) is 5.92 Å². The van der Waals surface area contributed by atoms with Gasteiger partial charge in [-0.15, -0.1) is 0 Å². The first-order valence-electron chi connectivity index (χ1n) is 9.71. The summed E-state index contributed by atoms with van der Waals surface area (Å²) in [6, 6.07) is 9.95. The number of nitrogens with zero attached hydrogens (tertiary/aromatic N) is 3. The number of methoxy groups -OCH3 is 1. The maximum absolute atomic E-state index is 12.6. The van der Waals surface area contributed by atoms with Gasteiger partial charge in [-0.3, -0.25) is 14.4 Å². The highest BCUT2D eigenvalue weighted by molar-refractivity contribution is 7.98. The highest BCUT2D eigenvalue weighted by atomic mass is 32.2. The summed E-state index contributed by atoms with van der Waals surface area (Å²) in [7, 11) is 1.56. The Bertz CT molecular complexity index is 1170. The molecule has 1 amide bonds. The van der Waals surface area contributed by atoms with Crippen LogP contribution in [0.25, 0.3) is 0 Å². The van der Waals surface area contributed by atoms with Crippen molar-refractivity contribution in [2.45, 2.75) is 17.3 Å². The molecule has 1 aliphatic heterocycles. The second-order valence-electron chi connectivity index (χ2n) is 6.92. The highest BCUT2D eigenvalue weighted by Crippen LogP contribution is 2.28. The maximum Gasteiger partial charge on any atom is 0.316 e. The Kier molecular flexibility index (Phi) is 6.50. The van der Waals surface area contributed by atoms with Gasteiger partial charge in [-0.05, 0) is 30.3 Å². The van der Waals surface area contributed by atoms with E-state index in [-0.39, 0.29) is 24.6 Å². The summed E-state index contributed by atoms with van der Waals surface area (Å²) in [4.78, 5) is 47.0. The Balaban J connectivity index is 1.37. The normalized spacial score (nSPS) is 15.6. The van der Waals surface area contributed by atoms with Gasteiger partial charge in [0.15, 0.2) is 5.16 Å². The number of carbonyl (C=O) groups excluding carboxylic acids is 2. The molecule has 0 bridgehead atoms. The van der Waals surface area contributed by atoms with Gasteiger partial charge >= 0.3 is 5.97 Å². The zero-order valence-electron chi connectivity index (χ0n) is 17.1. The molecule has 1 aromatic carbocycles. The Hall–Kier alpha value is -3.66. The average Bonchev–Trinajstić information content (AvgIpc) is 3.21. The van der Waals surface area contributed by atoms with Crippen LogP contribution in [-0.4, -0.2) is 35.5 Å². The largest absolute Gasteiger partial charge is 0.497 e. The fourth-order valence-corrected chi connectivity index (χ4v) is 3.85. The van der Waals surface area contributed by atoms with Gasteiger partial charge in [0.25, 0.3) is 0 Å². The molecule has 10 heteroatoms. The van der Waals surface area contributed by atoms with Gasteiger partial charge in [-0.2, -0.15) is 0 Å². The Morgan fingerprint density at radius 3 is 2.66 bits per heavy atom. The van der Waals surface area contributed by atoms with Crippen molar-refractivity contribution >= 4 is 29.3 Å². The molecule has 0 saturated carbocycles. The molecule has 1 fully saturated rings. The number of hydrogen-bond donors (Lipinski definition) is 0. The summed E-state index contributed by atoms with van der Waals surface area (Å²) >= 11 is 1.31. The quantitative estimate of drug-likeness (QED) is 0.303. The number of anilines is 1. The lowest BCUT2D eigenvalue weighted by atomic mass is 10.1. The monoisotopic (exact) mass is 453 g/mol. The van der Waals surface area contributed by atoms with Crippen molar-refractivity contribution in [2.75, 3.05) is 18.6 Å². The lowest BCUT2D eigenvalue weighted by molar-refractivity contribution is -0.139. The molecule has 3 heterocycles. The predicted octanol–water partition coefficient (Wildman–Crippen LogP) is 2.69. The van der Waals surface area contributed by atoms with E-state index in [0.717, 1.165) is 6.26 Å². The van der Waals surface area contributed by atoms with Crippen LogP contribution in [-0.2, 0) is 15.3 Å². The number of rotatable bonds is 7. The van der Waals surface area contributed by atoms with E-state index in [1.165, 1.54) is 22.7 Å². The summed E-state index contributed by atoms with van der Waals surface area (Å²) in [5.41, 5.74) is 0.181. The molecule has 3 aromatic rings. The van der Waals surface area contributed by atoms with Gasteiger partial charge in [-0.25, -0.2) is 9.97 Å². The van der Waals surface area contributed by atoms with Gasteiger partial charge in [0.2, 0.25) is 17.1 Å². The van der Waals surface area contributed by atoms with Gasteiger partial charge in [0, 0.05) is 37.1 Å². The molecular weight excluding hydrogens is 434 g/mol. The van der Waals surface area contributed by atoms with Gasteiger partial charge in [-0.1, -0.05) is 11.8 Å². The van der Waals surface area contributed by atoms with Crippen LogP contribution >= 0.6 is 11.8 Å². The first-order valence-corrected chi connectivity index (χ1v) is 10.7. The number of aromatic nitrogens is 2. The van der Waals surface area contributed by atoms with Gasteiger partial charge in [0.05, 0.1) is 18.8 Å². The number of carbonyl (C=O) groups is 2. The molecule has 0 spiro atoms. The number of thioether (sulfide) groups is 1. The predicted molar refractivity (Wildman–Crippen MR) is 116 cm³/mol. The number of esters is 1. The second-order valence-corrected chi connectivity index (χ2v) is 7.86. The van der Waals surface area contributed by atoms with Gasteiger partial charge < -0.3 is 18.8 Å². The summed E-state index contributed by atoms with van der Waals surface area (Å²) in [6.45, 7) is 0.168. The minimum absolute atomic E-state index is 0.00198. The third-order valence-electron chi connectivity index (χ3n) is 4.79. The lowest BCUT2D eigenvalue weighted by Gasteiger charge is -2.16. The van der Waals surface area contributed by atoms with Crippen LogP contribution < -0.4 is 19.8 Å². The zero-order chi connectivity index (χ0) is 22.5. The second kappa shape index (κ2) is 9.65. The maximum atomic E-state index is 12.6. The van der Waals surface area contributed by atoms with Crippen molar-refractivity contribution in [2.24, 2.45) is 5.92 Å². The van der Waals surface area contributed by atoms with E-state index in [4.69, 9.17) is 13.9 Å². The van der Waals surface area contributed by atoms with Crippen molar-refractivity contribution in [3.8, 4) is 11.5 Å². The molecule has 1 saturated heterocycles. The number of benzene rings is 1. The minimum Gasteiger partial charge on any atom is -0.497 e. The Morgan fingerprint density at radius 2 is 1.97 bits per heavy atom. The lowest BCUT2D eigenvalue weighted by Crippen LogP contribution is -2.28. The molecular formula is C22H19N3O6S. The van der Waals surface area contributed by atoms with Crippen molar-refractivity contribution in [3.63, 3.8) is 0 Å². The van der Waals surface area contributed by atoms with E-state index < -0.39 is 17.3 Å². The molecule has 1 atom stereocenters. The minimum atomic E-state index is -0.686. The Morgan fingerprint density at radius 1 is 1.22 bits per heavy atom. The van der Waals surface area contributed by atoms with Crippen LogP contribution in [0.5, 0.6) is 11.5 Å². The van der Waals surface area contributed by atoms with Crippen molar-refractivity contribution in [1.82, 2.24) is 9.97 Å². The molecule has 0 aliphatic carbocycles. The number of hydrogen-bond acceptors (Lipinski definition) is 9. The van der Waals surface area contributed by atoms with E-state index in [1.54, 1.807) is 49.8 Å². The molecule has 164 valence electrons. The van der Waals surface area contributed by atoms with E-state index in [2.05, 4.69) is 9.97 Å². The first kappa shape index (κ1) is 21.6. The summed E-state index contributed by atoms with van der Waals surface area (Å²) in [5.74, 6) is -0.331. The van der Waals surface area contributed by atoms with Crippen LogP contribution in [0.2, 0.25) is 0 Å². The highest BCUT2D eigenvalue weighted by Gasteiger charge is 2.36. The van der Waals surface area contributed by atoms with E-state index in [9.17, 15) is 14.4 Å². The fourth-order valence-electron chi connectivity index (χ4n) is 3.15. The van der Waals surface area contributed by atoms with E-state index in [1.807, 2.05) is 0 Å². The number of amides is 1. The van der Waals surface area contributed by atoms with Crippen molar-refractivity contribution in [3.05, 3.63) is 71.0 Å². The fraction of sp³-hybridized carbons (Fsp3) is 0.227. The molecule has 2 aromatic heterocycles. The topological polar surface area (TPSA) is 112 Å². The molecule has 9 nitrogen and oxygen atoms in total. The standard InChI is InChI=1S/C22H19N3O6S/c1-29-16-5-3-15(4-6-16)25-11-14(9-20(25)27)21(28)31-19-12-30-17(10-18(19)26)13-32-22-23-7-2-8-24-22/h2-8,10,12,14H,9,11,13H2,1H3. The van der Waals surface area contributed by atoms with Crippen LogP contribution in [0.3, 0.4) is 0 Å². The van der Waals surface area contributed by atoms with Crippen LogP contribution in [0.15, 0.2) is 69.4 Å². The van der Waals surface area contributed by atoms with Crippen molar-refractivity contribution < 1.29 is 23.5 Å². The van der Waals surface area contributed by atoms with Crippen LogP contribution in [0.1, 0.15) is 12.2 Å². The number of ether oxygens (including phenoxy) is 2.